The van der Waals surface area contributed by atoms with Crippen LogP contribution in [0.4, 0.5) is 0 Å². The SMILES string of the molecule is C=CC=C(C=CC#N)C=C(C)C(=O)O. The molecule has 0 aliphatic heterocycles. The van der Waals surface area contributed by atoms with Crippen LogP contribution >= 0.6 is 0 Å². The third-order valence-corrected chi connectivity index (χ3v) is 1.38. The molecular formula is C11H11NO2. The lowest BCUT2D eigenvalue weighted by molar-refractivity contribution is -0.132. The second-order valence-corrected chi connectivity index (χ2v) is 2.50. The van der Waals surface area contributed by atoms with Crippen molar-refractivity contribution in [2.75, 3.05) is 0 Å². The highest BCUT2D eigenvalue weighted by molar-refractivity contribution is 5.86. The van der Waals surface area contributed by atoms with Gasteiger partial charge in [-0.05, 0) is 24.6 Å². The number of aliphatic carboxylic acids is 1. The summed E-state index contributed by atoms with van der Waals surface area (Å²) in [7, 11) is 0. The summed E-state index contributed by atoms with van der Waals surface area (Å²) in [5, 5.41) is 16.9. The van der Waals surface area contributed by atoms with Crippen molar-refractivity contribution >= 4 is 5.97 Å². The molecule has 0 unspecified atom stereocenters. The third-order valence-electron chi connectivity index (χ3n) is 1.38. The topological polar surface area (TPSA) is 61.1 Å². The highest BCUT2D eigenvalue weighted by atomic mass is 16.4. The number of hydrogen-bond donors (Lipinski definition) is 1. The third kappa shape index (κ3) is 4.73. The monoisotopic (exact) mass is 189 g/mol. The normalized spacial score (nSPS) is 12.6. The van der Waals surface area contributed by atoms with Crippen molar-refractivity contribution < 1.29 is 9.90 Å². The van der Waals surface area contributed by atoms with Gasteiger partial charge in [0.05, 0.1) is 6.07 Å². The van der Waals surface area contributed by atoms with Gasteiger partial charge in [-0.2, -0.15) is 5.26 Å². The van der Waals surface area contributed by atoms with Gasteiger partial charge in [-0.25, -0.2) is 4.79 Å². The lowest BCUT2D eigenvalue weighted by Gasteiger charge is -1.94. The Morgan fingerprint density at radius 2 is 2.21 bits per heavy atom. The fraction of sp³-hybridized carbons (Fsp3) is 0.0909. The Kier molecular flexibility index (Phi) is 5.48. The molecule has 0 bridgehead atoms. The number of carboxylic acid groups (broad SMARTS) is 1. The molecule has 0 aromatic carbocycles. The lowest BCUT2D eigenvalue weighted by atomic mass is 10.1. The molecule has 3 heteroatoms. The van der Waals surface area contributed by atoms with Crippen molar-refractivity contribution in [3.05, 3.63) is 48.1 Å². The number of rotatable bonds is 4. The van der Waals surface area contributed by atoms with Crippen LogP contribution in [0, 0.1) is 11.3 Å². The van der Waals surface area contributed by atoms with E-state index in [1.54, 1.807) is 6.08 Å². The zero-order valence-electron chi connectivity index (χ0n) is 7.90. The van der Waals surface area contributed by atoms with E-state index in [1.165, 1.54) is 31.2 Å². The summed E-state index contributed by atoms with van der Waals surface area (Å²) >= 11 is 0. The molecule has 0 spiro atoms. The molecule has 0 aliphatic carbocycles. The van der Waals surface area contributed by atoms with Gasteiger partial charge in [0.2, 0.25) is 0 Å². The van der Waals surface area contributed by atoms with Gasteiger partial charge in [0.1, 0.15) is 0 Å². The van der Waals surface area contributed by atoms with Gasteiger partial charge >= 0.3 is 5.97 Å². The molecule has 72 valence electrons. The van der Waals surface area contributed by atoms with Gasteiger partial charge in [0, 0.05) is 11.6 Å². The summed E-state index contributed by atoms with van der Waals surface area (Å²) in [5.74, 6) is -0.981. The van der Waals surface area contributed by atoms with Crippen LogP contribution in [0.15, 0.2) is 48.1 Å². The van der Waals surface area contributed by atoms with Gasteiger partial charge < -0.3 is 5.11 Å². The number of nitrogens with zero attached hydrogens (tertiary/aromatic N) is 1. The minimum Gasteiger partial charge on any atom is -0.478 e. The summed E-state index contributed by atoms with van der Waals surface area (Å²) < 4.78 is 0. The number of hydrogen-bond acceptors (Lipinski definition) is 2. The van der Waals surface area contributed by atoms with Gasteiger partial charge in [-0.3, -0.25) is 0 Å². The Morgan fingerprint density at radius 3 is 2.64 bits per heavy atom. The van der Waals surface area contributed by atoms with Crippen molar-refractivity contribution in [1.29, 1.82) is 5.26 Å². The second kappa shape index (κ2) is 6.44. The quantitative estimate of drug-likeness (QED) is 0.419. The Bertz CT molecular complexity index is 354. The zero-order chi connectivity index (χ0) is 11.0. The lowest BCUT2D eigenvalue weighted by Crippen LogP contribution is -1.95. The summed E-state index contributed by atoms with van der Waals surface area (Å²) in [6.07, 6.45) is 7.43. The van der Waals surface area contributed by atoms with Gasteiger partial charge in [0.25, 0.3) is 0 Å². The van der Waals surface area contributed by atoms with E-state index in [-0.39, 0.29) is 5.57 Å². The molecule has 14 heavy (non-hydrogen) atoms. The predicted octanol–water partition coefficient (Wildman–Crippen LogP) is 2.21. The predicted molar refractivity (Wildman–Crippen MR) is 54.4 cm³/mol. The highest BCUT2D eigenvalue weighted by Crippen LogP contribution is 2.04. The number of carboxylic acids is 1. The Labute approximate surface area is 83.0 Å². The van der Waals surface area contributed by atoms with Crippen LogP contribution < -0.4 is 0 Å². The standard InChI is InChI=1S/C11H11NO2/c1-3-5-10(6-4-7-12)8-9(2)11(13)14/h3-6,8H,1H2,2H3,(H,13,14). The number of nitriles is 1. The van der Waals surface area contributed by atoms with Gasteiger partial charge in [-0.1, -0.05) is 18.7 Å². The smallest absolute Gasteiger partial charge is 0.331 e. The molecule has 0 amide bonds. The highest BCUT2D eigenvalue weighted by Gasteiger charge is 1.98. The van der Waals surface area contributed by atoms with Gasteiger partial charge in [0.15, 0.2) is 0 Å². The fourth-order valence-electron chi connectivity index (χ4n) is 0.733. The molecule has 0 saturated carbocycles. The Hall–Kier alpha value is -2.08. The molecule has 1 N–H and O–H groups in total. The van der Waals surface area contributed by atoms with Crippen molar-refractivity contribution in [3.63, 3.8) is 0 Å². The first-order valence-electron chi connectivity index (χ1n) is 3.92. The van der Waals surface area contributed by atoms with Crippen LogP contribution in [0.3, 0.4) is 0 Å². The fourth-order valence-corrected chi connectivity index (χ4v) is 0.733. The van der Waals surface area contributed by atoms with Gasteiger partial charge in [-0.15, -0.1) is 0 Å². The molecule has 0 aliphatic rings. The van der Waals surface area contributed by atoms with Crippen molar-refractivity contribution in [1.82, 2.24) is 0 Å². The largest absolute Gasteiger partial charge is 0.478 e. The molecule has 0 fully saturated rings. The number of carbonyl (C=O) groups is 1. The van der Waals surface area contributed by atoms with E-state index in [0.717, 1.165) is 0 Å². The van der Waals surface area contributed by atoms with E-state index in [4.69, 9.17) is 10.4 Å². The summed E-state index contributed by atoms with van der Waals surface area (Å²) in [6, 6.07) is 1.83. The molecular weight excluding hydrogens is 178 g/mol. The molecule has 3 nitrogen and oxygen atoms in total. The van der Waals surface area contributed by atoms with Crippen LogP contribution in [0.25, 0.3) is 0 Å². The summed E-state index contributed by atoms with van der Waals surface area (Å²) in [6.45, 7) is 4.98. The zero-order valence-corrected chi connectivity index (χ0v) is 7.90. The average molecular weight is 189 g/mol. The van der Waals surface area contributed by atoms with Crippen LogP contribution in [-0.2, 0) is 4.79 Å². The molecule has 0 radical (unpaired) electrons. The van der Waals surface area contributed by atoms with Crippen LogP contribution in [0.5, 0.6) is 0 Å². The van der Waals surface area contributed by atoms with E-state index >= 15 is 0 Å². The van der Waals surface area contributed by atoms with E-state index in [9.17, 15) is 4.79 Å². The molecule has 0 aromatic rings. The van der Waals surface area contributed by atoms with Crippen LogP contribution in [0.2, 0.25) is 0 Å². The minimum atomic E-state index is -0.981. The summed E-state index contributed by atoms with van der Waals surface area (Å²) in [4.78, 5) is 10.5. The van der Waals surface area contributed by atoms with Crippen molar-refractivity contribution in [2.24, 2.45) is 0 Å². The summed E-state index contributed by atoms with van der Waals surface area (Å²) in [5.41, 5.74) is 0.835. The van der Waals surface area contributed by atoms with E-state index in [2.05, 4.69) is 6.58 Å². The molecule has 0 atom stereocenters. The first kappa shape index (κ1) is 11.9. The van der Waals surface area contributed by atoms with Crippen LogP contribution in [-0.4, -0.2) is 11.1 Å². The molecule has 0 aromatic heterocycles. The van der Waals surface area contributed by atoms with Crippen LogP contribution in [0.1, 0.15) is 6.92 Å². The Morgan fingerprint density at radius 1 is 1.57 bits per heavy atom. The first-order chi connectivity index (χ1) is 6.61. The number of allylic oxidation sites excluding steroid dienone is 6. The maximum absolute atomic E-state index is 10.5. The van der Waals surface area contributed by atoms with E-state index in [0.29, 0.717) is 5.57 Å². The van der Waals surface area contributed by atoms with Crippen molar-refractivity contribution in [3.8, 4) is 6.07 Å². The van der Waals surface area contributed by atoms with E-state index < -0.39 is 5.97 Å². The Balaban J connectivity index is 4.89. The molecule has 0 rings (SSSR count). The average Bonchev–Trinajstić information content (AvgIpc) is 2.14. The maximum atomic E-state index is 10.5. The van der Waals surface area contributed by atoms with E-state index in [1.807, 2.05) is 6.07 Å². The second-order valence-electron chi connectivity index (χ2n) is 2.50. The minimum absolute atomic E-state index is 0.209. The molecule has 0 saturated heterocycles. The maximum Gasteiger partial charge on any atom is 0.331 e. The van der Waals surface area contributed by atoms with Crippen molar-refractivity contribution in [2.45, 2.75) is 6.92 Å². The molecule has 0 heterocycles. The first-order valence-corrected chi connectivity index (χ1v) is 3.92.